The van der Waals surface area contributed by atoms with Crippen LogP contribution >= 0.6 is 11.8 Å². The molecule has 0 spiro atoms. The molecule has 2 aliphatic heterocycles. The molecule has 3 heterocycles. The monoisotopic (exact) mass is 390 g/mol. The fourth-order valence-corrected chi connectivity index (χ4v) is 6.23. The maximum Gasteiger partial charge on any atom is 0.233 e. The third kappa shape index (κ3) is 3.87. The van der Waals surface area contributed by atoms with Crippen molar-refractivity contribution >= 4 is 17.7 Å². The number of fused-ring (bicyclic) bond motifs is 1. The Labute approximate surface area is 166 Å². The number of hydrogen-bond acceptors (Lipinski definition) is 6. The molecule has 3 fully saturated rings. The predicted molar refractivity (Wildman–Crippen MR) is 106 cm³/mol. The summed E-state index contributed by atoms with van der Waals surface area (Å²) in [7, 11) is 0. The van der Waals surface area contributed by atoms with E-state index < -0.39 is 0 Å². The summed E-state index contributed by atoms with van der Waals surface area (Å²) in [6.45, 7) is 13.3. The van der Waals surface area contributed by atoms with E-state index in [-0.39, 0.29) is 11.3 Å². The van der Waals surface area contributed by atoms with E-state index in [1.807, 2.05) is 13.0 Å². The summed E-state index contributed by atoms with van der Waals surface area (Å²) in [6.07, 6.45) is 2.96. The fraction of sp³-hybridized carbons (Fsp3) is 0.750. The second-order valence-corrected chi connectivity index (χ2v) is 9.95. The minimum absolute atomic E-state index is 0.219. The second kappa shape index (κ2) is 7.33. The van der Waals surface area contributed by atoms with E-state index in [1.54, 1.807) is 6.20 Å². The third-order valence-electron chi connectivity index (χ3n) is 6.49. The van der Waals surface area contributed by atoms with Gasteiger partial charge < -0.3 is 9.64 Å². The number of aryl methyl sites for hydroxylation is 1. The van der Waals surface area contributed by atoms with E-state index in [4.69, 9.17) is 4.74 Å². The van der Waals surface area contributed by atoms with Crippen molar-refractivity contribution in [3.05, 3.63) is 18.0 Å². The Balaban J connectivity index is 1.38. The van der Waals surface area contributed by atoms with Gasteiger partial charge in [-0.3, -0.25) is 9.69 Å². The molecule has 1 aromatic heterocycles. The molecule has 3 aliphatic rings. The molecule has 0 bridgehead atoms. The van der Waals surface area contributed by atoms with E-state index in [0.717, 1.165) is 51.6 Å². The van der Waals surface area contributed by atoms with E-state index in [9.17, 15) is 4.79 Å². The van der Waals surface area contributed by atoms with Crippen LogP contribution in [0.3, 0.4) is 0 Å². The van der Waals surface area contributed by atoms with Crippen LogP contribution in [0.15, 0.2) is 17.4 Å². The number of hydrogen-bond donors (Lipinski definition) is 0. The van der Waals surface area contributed by atoms with Crippen LogP contribution in [-0.2, 0) is 9.53 Å². The zero-order chi connectivity index (χ0) is 19.1. The number of carbonyl (C=O) groups excluding carboxylic acids is 1. The molecule has 1 aliphatic carbocycles. The number of aromatic nitrogens is 2. The lowest BCUT2D eigenvalue weighted by molar-refractivity contribution is -0.127. The van der Waals surface area contributed by atoms with Crippen molar-refractivity contribution in [3.63, 3.8) is 0 Å². The maximum atomic E-state index is 12.9. The average molecular weight is 391 g/mol. The van der Waals surface area contributed by atoms with Crippen molar-refractivity contribution in [2.24, 2.45) is 16.7 Å². The molecular formula is C20H30N4O2S. The maximum absolute atomic E-state index is 12.9. The molecule has 1 amide bonds. The van der Waals surface area contributed by atoms with Crippen LogP contribution in [0.5, 0.6) is 0 Å². The van der Waals surface area contributed by atoms with Crippen molar-refractivity contribution in [2.75, 3.05) is 51.7 Å². The van der Waals surface area contributed by atoms with E-state index in [2.05, 4.69) is 33.6 Å². The number of rotatable bonds is 5. The lowest BCUT2D eigenvalue weighted by atomic mass is 9.48. The zero-order valence-electron chi connectivity index (χ0n) is 16.6. The smallest absolute Gasteiger partial charge is 0.233 e. The largest absolute Gasteiger partial charge is 0.379 e. The molecule has 27 heavy (non-hydrogen) atoms. The van der Waals surface area contributed by atoms with E-state index >= 15 is 0 Å². The summed E-state index contributed by atoms with van der Waals surface area (Å²) >= 11 is 1.45. The number of carbonyl (C=O) groups is 1. The van der Waals surface area contributed by atoms with Crippen LogP contribution in [0.1, 0.15) is 26.0 Å². The van der Waals surface area contributed by atoms with Crippen LogP contribution in [0.2, 0.25) is 0 Å². The van der Waals surface area contributed by atoms with Crippen LogP contribution in [0.25, 0.3) is 0 Å². The first-order chi connectivity index (χ1) is 12.9. The standard InChI is InChI=1S/C20H30N4O2S/c1-15-4-5-21-18(22-15)27-11-17(25)24-10-16-19(2,3)12-20(16,14-24)13-23-6-8-26-9-7-23/h4-5,16H,6-14H2,1-3H3/t16-,20+/m1/s1. The Morgan fingerprint density at radius 1 is 1.37 bits per heavy atom. The molecule has 1 aromatic rings. The van der Waals surface area contributed by atoms with Gasteiger partial charge in [0.1, 0.15) is 0 Å². The Hall–Kier alpha value is -1.18. The van der Waals surface area contributed by atoms with Gasteiger partial charge in [0.2, 0.25) is 5.91 Å². The summed E-state index contributed by atoms with van der Waals surface area (Å²) in [4.78, 5) is 26.2. The number of amides is 1. The Morgan fingerprint density at radius 2 is 2.15 bits per heavy atom. The highest BCUT2D eigenvalue weighted by Crippen LogP contribution is 2.63. The summed E-state index contributed by atoms with van der Waals surface area (Å²) in [6, 6.07) is 1.88. The summed E-state index contributed by atoms with van der Waals surface area (Å²) in [5.74, 6) is 1.23. The quantitative estimate of drug-likeness (QED) is 0.567. The summed E-state index contributed by atoms with van der Waals surface area (Å²) in [5, 5.41) is 0.689. The predicted octanol–water partition coefficient (Wildman–Crippen LogP) is 2.08. The van der Waals surface area contributed by atoms with Crippen molar-refractivity contribution in [1.29, 1.82) is 0 Å². The minimum Gasteiger partial charge on any atom is -0.379 e. The van der Waals surface area contributed by atoms with Gasteiger partial charge in [-0.05, 0) is 30.7 Å². The number of likely N-dealkylation sites (tertiary alicyclic amines) is 1. The van der Waals surface area contributed by atoms with Crippen LogP contribution in [-0.4, -0.2) is 77.4 Å². The fourth-order valence-electron chi connectivity index (χ4n) is 5.45. The second-order valence-electron chi connectivity index (χ2n) is 9.01. The Morgan fingerprint density at radius 3 is 2.85 bits per heavy atom. The van der Waals surface area contributed by atoms with Crippen molar-refractivity contribution in [2.45, 2.75) is 32.3 Å². The topological polar surface area (TPSA) is 58.6 Å². The van der Waals surface area contributed by atoms with Gasteiger partial charge in [0.25, 0.3) is 0 Å². The first kappa shape index (κ1) is 19.2. The average Bonchev–Trinajstić information content (AvgIpc) is 2.95. The molecule has 4 rings (SSSR count). The molecule has 0 radical (unpaired) electrons. The van der Waals surface area contributed by atoms with Crippen molar-refractivity contribution in [3.8, 4) is 0 Å². The Kier molecular flexibility index (Phi) is 5.20. The normalized spacial score (nSPS) is 30.0. The zero-order valence-corrected chi connectivity index (χ0v) is 17.4. The first-order valence-electron chi connectivity index (χ1n) is 9.88. The van der Waals surface area contributed by atoms with Gasteiger partial charge in [-0.15, -0.1) is 0 Å². The molecule has 2 saturated heterocycles. The Bertz CT molecular complexity index is 707. The van der Waals surface area contributed by atoms with Gasteiger partial charge in [0, 0.05) is 50.0 Å². The van der Waals surface area contributed by atoms with E-state index in [0.29, 0.717) is 22.2 Å². The minimum atomic E-state index is 0.219. The highest BCUT2D eigenvalue weighted by Gasteiger charge is 2.63. The molecule has 6 nitrogen and oxygen atoms in total. The number of ether oxygens (including phenoxy) is 1. The molecule has 0 aromatic carbocycles. The summed E-state index contributed by atoms with van der Waals surface area (Å²) in [5.41, 5.74) is 1.53. The SMILES string of the molecule is Cc1ccnc(SCC(=O)N2C[C@@H]3C(C)(C)C[C@]3(CN3CCOCC3)C2)n1. The van der Waals surface area contributed by atoms with Gasteiger partial charge in [-0.2, -0.15) is 0 Å². The molecule has 1 saturated carbocycles. The molecule has 148 valence electrons. The third-order valence-corrected chi connectivity index (χ3v) is 7.34. The van der Waals surface area contributed by atoms with Gasteiger partial charge in [0.05, 0.1) is 19.0 Å². The lowest BCUT2D eigenvalue weighted by Gasteiger charge is -2.58. The summed E-state index contributed by atoms with van der Waals surface area (Å²) < 4.78 is 5.50. The molecule has 0 N–H and O–H groups in total. The number of thioether (sulfide) groups is 1. The van der Waals surface area contributed by atoms with Crippen LogP contribution in [0, 0.1) is 23.7 Å². The molecular weight excluding hydrogens is 360 g/mol. The highest BCUT2D eigenvalue weighted by atomic mass is 32.2. The van der Waals surface area contributed by atoms with Crippen molar-refractivity contribution < 1.29 is 9.53 Å². The number of nitrogens with zero attached hydrogens (tertiary/aromatic N) is 4. The first-order valence-corrected chi connectivity index (χ1v) is 10.9. The lowest BCUT2D eigenvalue weighted by Crippen LogP contribution is -2.59. The van der Waals surface area contributed by atoms with Gasteiger partial charge in [0.15, 0.2) is 5.16 Å². The van der Waals surface area contributed by atoms with Crippen molar-refractivity contribution in [1.82, 2.24) is 19.8 Å². The van der Waals surface area contributed by atoms with Crippen LogP contribution in [0.4, 0.5) is 0 Å². The van der Waals surface area contributed by atoms with Gasteiger partial charge >= 0.3 is 0 Å². The number of morpholine rings is 1. The molecule has 7 heteroatoms. The highest BCUT2D eigenvalue weighted by molar-refractivity contribution is 7.99. The molecule has 0 unspecified atom stereocenters. The van der Waals surface area contributed by atoms with Gasteiger partial charge in [-0.1, -0.05) is 25.6 Å². The van der Waals surface area contributed by atoms with E-state index in [1.165, 1.54) is 18.2 Å². The van der Waals surface area contributed by atoms with Gasteiger partial charge in [-0.25, -0.2) is 9.97 Å². The molecule has 2 atom stereocenters. The van der Waals surface area contributed by atoms with Crippen LogP contribution < -0.4 is 0 Å².